The van der Waals surface area contributed by atoms with Gasteiger partial charge in [0.1, 0.15) is 0 Å². The maximum atomic E-state index is 14.4. The maximum absolute atomic E-state index is 14.4. The van der Waals surface area contributed by atoms with Crippen LogP contribution in [0.2, 0.25) is 0 Å². The quantitative estimate of drug-likeness (QED) is 0.0844. The van der Waals surface area contributed by atoms with Crippen molar-refractivity contribution in [2.75, 3.05) is 0 Å². The first-order valence-corrected chi connectivity index (χ1v) is 22.1. The molecule has 0 saturated heterocycles. The van der Waals surface area contributed by atoms with Crippen molar-refractivity contribution in [3.8, 4) is 34.5 Å². The zero-order chi connectivity index (χ0) is 48.9. The lowest BCUT2D eigenvalue weighted by Crippen LogP contribution is -2.25. The fourth-order valence-electron chi connectivity index (χ4n) is 8.25. The lowest BCUT2D eigenvalue weighted by Gasteiger charge is -2.30. The van der Waals surface area contributed by atoms with Crippen LogP contribution in [0.25, 0.3) is 12.2 Å². The molecule has 0 unspecified atom stereocenters. The number of benzene rings is 8. The monoisotopic (exact) mass is 936 g/mol. The van der Waals surface area contributed by atoms with Crippen LogP contribution in [0.15, 0.2) is 206 Å². The Kier molecular flexibility index (Phi) is 12.2. The lowest BCUT2D eigenvalue weighted by molar-refractivity contribution is 0.0655. The smallest absolute Gasteiger partial charge is 0.343 e. The van der Waals surface area contributed by atoms with E-state index in [1.165, 1.54) is 60.7 Å². The van der Waals surface area contributed by atoms with Crippen molar-refractivity contribution >= 4 is 48.0 Å². The minimum Gasteiger partial charge on any atom is -0.419 e. The number of carbonyl (C=O) groups excluding carboxylic acids is 6. The van der Waals surface area contributed by atoms with Crippen LogP contribution in [0.5, 0.6) is 34.5 Å². The van der Waals surface area contributed by atoms with Crippen molar-refractivity contribution in [3.05, 3.63) is 262 Å². The van der Waals surface area contributed by atoms with Gasteiger partial charge in [-0.25, -0.2) is 28.8 Å². The summed E-state index contributed by atoms with van der Waals surface area (Å²) in [5, 5.41) is 0. The zero-order valence-electron chi connectivity index (χ0n) is 37.2. The highest BCUT2D eigenvalue weighted by Crippen LogP contribution is 2.61. The Labute approximate surface area is 405 Å². The Bertz CT molecular complexity index is 3210. The molecule has 344 valence electrons. The van der Waals surface area contributed by atoms with Gasteiger partial charge in [-0.1, -0.05) is 133 Å². The molecule has 0 bridgehead atoms. The van der Waals surface area contributed by atoms with E-state index in [-0.39, 0.29) is 67.5 Å². The Hall–Kier alpha value is -9.94. The highest BCUT2D eigenvalue weighted by molar-refractivity contribution is 6.00. The molecule has 0 aromatic heterocycles. The second kappa shape index (κ2) is 19.3. The van der Waals surface area contributed by atoms with Gasteiger partial charge >= 0.3 is 35.8 Å². The van der Waals surface area contributed by atoms with Crippen molar-refractivity contribution in [1.29, 1.82) is 0 Å². The Balaban J connectivity index is 1.23. The Morgan fingerprint density at radius 2 is 0.507 bits per heavy atom. The first-order chi connectivity index (χ1) is 34.7. The van der Waals surface area contributed by atoms with Gasteiger partial charge in [-0.3, -0.25) is 0 Å². The normalized spacial score (nSPS) is 12.3. The van der Waals surface area contributed by atoms with Crippen LogP contribution >= 0.6 is 0 Å². The largest absolute Gasteiger partial charge is 0.419 e. The number of carbonyl (C=O) groups is 6. The lowest BCUT2D eigenvalue weighted by atomic mass is 9.76. The summed E-state index contributed by atoms with van der Waals surface area (Å²) in [5.74, 6) is -7.30. The topological polar surface area (TPSA) is 158 Å². The van der Waals surface area contributed by atoms with Gasteiger partial charge in [-0.2, -0.15) is 0 Å². The fourth-order valence-corrected chi connectivity index (χ4v) is 8.25. The van der Waals surface area contributed by atoms with E-state index in [9.17, 15) is 28.8 Å². The van der Waals surface area contributed by atoms with Crippen molar-refractivity contribution in [3.63, 3.8) is 0 Å². The molecule has 0 aliphatic heterocycles. The van der Waals surface area contributed by atoms with Gasteiger partial charge in [-0.05, 0) is 96.1 Å². The van der Waals surface area contributed by atoms with Gasteiger partial charge in [-0.15, -0.1) is 0 Å². The number of hydrogen-bond donors (Lipinski definition) is 0. The van der Waals surface area contributed by atoms with Crippen molar-refractivity contribution in [1.82, 2.24) is 0 Å². The molecule has 10 rings (SSSR count). The molecule has 12 nitrogen and oxygen atoms in total. The van der Waals surface area contributed by atoms with Gasteiger partial charge in [0, 0.05) is 11.1 Å². The molecule has 71 heavy (non-hydrogen) atoms. The Morgan fingerprint density at radius 3 is 0.761 bits per heavy atom. The highest BCUT2D eigenvalue weighted by atomic mass is 16.6. The number of hydrogen-bond acceptors (Lipinski definition) is 12. The zero-order valence-corrected chi connectivity index (χ0v) is 37.2. The summed E-state index contributed by atoms with van der Waals surface area (Å²) >= 11 is 0. The highest BCUT2D eigenvalue weighted by Gasteiger charge is 2.48. The van der Waals surface area contributed by atoms with E-state index in [0.717, 1.165) is 0 Å². The van der Waals surface area contributed by atoms with Crippen LogP contribution in [0, 0.1) is 0 Å². The summed E-state index contributed by atoms with van der Waals surface area (Å²) in [6.45, 7) is 0. The van der Waals surface area contributed by atoms with Crippen LogP contribution in [0.1, 0.15) is 84.4 Å². The molecule has 2 aliphatic rings. The molecule has 0 saturated carbocycles. The molecular formula is C59H36O12. The summed E-state index contributed by atoms with van der Waals surface area (Å²) in [6, 6.07) is 51.4. The number of rotatable bonds is 12. The minimum atomic E-state index is -1.62. The number of esters is 6. The summed E-state index contributed by atoms with van der Waals surface area (Å²) < 4.78 is 37.1. The van der Waals surface area contributed by atoms with Gasteiger partial charge in [0.25, 0.3) is 0 Å². The van der Waals surface area contributed by atoms with Gasteiger partial charge < -0.3 is 28.4 Å². The maximum Gasteiger partial charge on any atom is 0.343 e. The van der Waals surface area contributed by atoms with Gasteiger partial charge in [0.2, 0.25) is 11.5 Å². The van der Waals surface area contributed by atoms with E-state index in [1.807, 2.05) is 0 Å². The predicted octanol–water partition coefficient (Wildman–Crippen LogP) is 11.3. The van der Waals surface area contributed by atoms with Crippen molar-refractivity contribution in [2.24, 2.45) is 0 Å². The van der Waals surface area contributed by atoms with Crippen molar-refractivity contribution in [2.45, 2.75) is 5.41 Å². The molecule has 12 heteroatoms. The molecule has 1 spiro atoms. The minimum absolute atomic E-state index is 0.116. The summed E-state index contributed by atoms with van der Waals surface area (Å²) in [4.78, 5) is 84.8. The van der Waals surface area contributed by atoms with E-state index in [1.54, 1.807) is 158 Å². The number of allylic oxidation sites excluding steroid dienone is 2. The first-order valence-electron chi connectivity index (χ1n) is 22.1. The molecule has 8 aromatic carbocycles. The first kappa shape index (κ1) is 44.9. The SMILES string of the molecule is O=C(Oc1cc2c(c(OC(=O)c3ccccc3)c1OC(=O)c1ccccc1)C1(C=C2)C=Cc2cc(OC(=O)c3ccccc3)c(OC(=O)c3ccccc3)c(OC(=O)c3ccccc3)c21)c1ccccc1. The van der Waals surface area contributed by atoms with E-state index < -0.39 is 52.7 Å². The third kappa shape index (κ3) is 8.99. The van der Waals surface area contributed by atoms with Crippen LogP contribution < -0.4 is 28.4 Å². The average molecular weight is 937 g/mol. The molecule has 0 fully saturated rings. The van der Waals surface area contributed by atoms with E-state index >= 15 is 0 Å². The second-order valence-corrected chi connectivity index (χ2v) is 16.1. The Morgan fingerprint density at radius 1 is 0.282 bits per heavy atom. The molecular weight excluding hydrogens is 901 g/mol. The molecule has 0 atom stereocenters. The molecule has 0 heterocycles. The summed E-state index contributed by atoms with van der Waals surface area (Å²) in [6.07, 6.45) is 6.76. The van der Waals surface area contributed by atoms with Crippen LogP contribution in [-0.2, 0) is 5.41 Å². The van der Waals surface area contributed by atoms with Crippen molar-refractivity contribution < 1.29 is 57.2 Å². The van der Waals surface area contributed by atoms with Gasteiger partial charge in [0.05, 0.1) is 38.8 Å². The second-order valence-electron chi connectivity index (χ2n) is 16.1. The molecule has 0 radical (unpaired) electrons. The van der Waals surface area contributed by atoms with Crippen LogP contribution in [-0.4, -0.2) is 35.8 Å². The molecule has 0 N–H and O–H groups in total. The van der Waals surface area contributed by atoms with Crippen LogP contribution in [0.4, 0.5) is 0 Å². The molecule has 0 amide bonds. The van der Waals surface area contributed by atoms with E-state index in [2.05, 4.69) is 0 Å². The van der Waals surface area contributed by atoms with E-state index in [4.69, 9.17) is 28.4 Å². The predicted molar refractivity (Wildman–Crippen MR) is 260 cm³/mol. The molecule has 2 aliphatic carbocycles. The number of ether oxygens (including phenoxy) is 6. The third-order valence-electron chi connectivity index (χ3n) is 11.6. The molecule has 8 aromatic rings. The third-order valence-corrected chi connectivity index (χ3v) is 11.6. The summed E-state index contributed by atoms with van der Waals surface area (Å²) in [5.41, 5.74) is 0.153. The summed E-state index contributed by atoms with van der Waals surface area (Å²) in [7, 11) is 0. The van der Waals surface area contributed by atoms with E-state index in [0.29, 0.717) is 11.1 Å². The standard InChI is InChI=1S/C59H36O12/c60-53(37-19-7-1-8-20-37)66-45-35-43-31-33-59(47(43)51(70-57(64)41-27-15-5-16-28-41)49(45)68-55(62)39-23-11-3-12-24-39)34-32-44-36-46(67-54(61)38-21-9-2-10-22-38)50(69-56(63)40-25-13-4-14-26-40)52(48(44)59)71-58(65)42-29-17-6-18-30-42/h1-36H. The number of fused-ring (bicyclic) bond motifs is 4. The fraction of sp³-hybridized carbons (Fsp3) is 0.0169. The average Bonchev–Trinajstić information content (AvgIpc) is 3.98. The van der Waals surface area contributed by atoms with Crippen LogP contribution in [0.3, 0.4) is 0 Å². The van der Waals surface area contributed by atoms with Gasteiger partial charge in [0.15, 0.2) is 23.0 Å².